The minimum absolute atomic E-state index is 0.0878. The van der Waals surface area contributed by atoms with Crippen LogP contribution in [0.15, 0.2) is 23.2 Å². The van der Waals surface area contributed by atoms with Crippen molar-refractivity contribution >= 4 is 5.96 Å². The largest absolute Gasteiger partial charge is 0.357 e. The van der Waals surface area contributed by atoms with Gasteiger partial charge in [-0.1, -0.05) is 6.07 Å². The van der Waals surface area contributed by atoms with Crippen molar-refractivity contribution in [2.45, 2.75) is 33.7 Å². The highest BCUT2D eigenvalue weighted by Gasteiger charge is 2.10. The van der Waals surface area contributed by atoms with Crippen molar-refractivity contribution in [1.29, 1.82) is 0 Å². The van der Waals surface area contributed by atoms with Gasteiger partial charge in [-0.15, -0.1) is 0 Å². The van der Waals surface area contributed by atoms with Gasteiger partial charge in [0.15, 0.2) is 5.96 Å². The summed E-state index contributed by atoms with van der Waals surface area (Å²) in [5, 5.41) is 10.6. The van der Waals surface area contributed by atoms with Crippen LogP contribution >= 0.6 is 0 Å². The number of hydrogen-bond acceptors (Lipinski definition) is 2. The molecule has 1 aromatic carbocycles. The van der Waals surface area contributed by atoms with Crippen LogP contribution in [0.2, 0.25) is 0 Å². The Labute approximate surface area is 147 Å². The van der Waals surface area contributed by atoms with E-state index in [9.17, 15) is 8.78 Å². The molecule has 0 aliphatic carbocycles. The first-order chi connectivity index (χ1) is 11.9. The van der Waals surface area contributed by atoms with Crippen LogP contribution in [0.4, 0.5) is 8.78 Å². The Kier molecular flexibility index (Phi) is 6.50. The molecule has 0 atom stereocenters. The minimum Gasteiger partial charge on any atom is -0.357 e. The summed E-state index contributed by atoms with van der Waals surface area (Å²) in [5.41, 5.74) is 3.20. The monoisotopic (exact) mass is 349 g/mol. The lowest BCUT2D eigenvalue weighted by Gasteiger charge is -2.12. The highest BCUT2D eigenvalue weighted by atomic mass is 19.1. The summed E-state index contributed by atoms with van der Waals surface area (Å²) < 4.78 is 29.2. The van der Waals surface area contributed by atoms with Crippen LogP contribution in [0, 0.1) is 25.5 Å². The molecule has 0 spiro atoms. The summed E-state index contributed by atoms with van der Waals surface area (Å²) in [6.07, 6.45) is 0.244. The molecule has 0 aliphatic heterocycles. The van der Waals surface area contributed by atoms with Crippen molar-refractivity contribution in [1.82, 2.24) is 20.4 Å². The first kappa shape index (κ1) is 18.9. The van der Waals surface area contributed by atoms with Gasteiger partial charge in [0.2, 0.25) is 0 Å². The van der Waals surface area contributed by atoms with Crippen LogP contribution in [0.1, 0.15) is 29.4 Å². The van der Waals surface area contributed by atoms with E-state index >= 15 is 0 Å². The number of nitrogens with zero attached hydrogens (tertiary/aromatic N) is 3. The van der Waals surface area contributed by atoms with Crippen molar-refractivity contribution in [3.05, 3.63) is 52.3 Å². The van der Waals surface area contributed by atoms with Crippen LogP contribution in [-0.4, -0.2) is 28.8 Å². The van der Waals surface area contributed by atoms with Gasteiger partial charge < -0.3 is 10.6 Å². The molecule has 0 saturated carbocycles. The Hall–Kier alpha value is -2.44. The number of hydrogen-bond donors (Lipinski definition) is 2. The number of rotatable bonds is 6. The molecule has 136 valence electrons. The molecule has 0 amide bonds. The lowest BCUT2D eigenvalue weighted by atomic mass is 10.1. The first-order valence-corrected chi connectivity index (χ1v) is 8.38. The van der Waals surface area contributed by atoms with Crippen LogP contribution < -0.4 is 10.6 Å². The SMILES string of the molecule is CCNC(=NCc1c(C)nn(C)c1C)NCCc1c(F)cccc1F. The van der Waals surface area contributed by atoms with Crippen molar-refractivity contribution in [3.63, 3.8) is 0 Å². The van der Waals surface area contributed by atoms with Gasteiger partial charge in [-0.05, 0) is 39.3 Å². The lowest BCUT2D eigenvalue weighted by molar-refractivity contribution is 0.553. The predicted molar refractivity (Wildman–Crippen MR) is 95.6 cm³/mol. The molecule has 2 rings (SSSR count). The summed E-state index contributed by atoms with van der Waals surface area (Å²) in [6.45, 7) is 7.51. The quantitative estimate of drug-likeness (QED) is 0.623. The fourth-order valence-electron chi connectivity index (χ4n) is 2.62. The molecule has 25 heavy (non-hydrogen) atoms. The van der Waals surface area contributed by atoms with E-state index in [0.717, 1.165) is 17.0 Å². The second-order valence-corrected chi connectivity index (χ2v) is 5.85. The fourth-order valence-corrected chi connectivity index (χ4v) is 2.62. The Morgan fingerprint density at radius 1 is 1.16 bits per heavy atom. The molecule has 0 fully saturated rings. The summed E-state index contributed by atoms with van der Waals surface area (Å²) in [6, 6.07) is 3.91. The van der Waals surface area contributed by atoms with E-state index in [1.807, 2.05) is 32.5 Å². The van der Waals surface area contributed by atoms with Gasteiger partial charge in [0.1, 0.15) is 11.6 Å². The molecule has 0 aliphatic rings. The van der Waals surface area contributed by atoms with E-state index in [1.165, 1.54) is 18.2 Å². The number of halogens is 2. The fraction of sp³-hybridized carbons (Fsp3) is 0.444. The van der Waals surface area contributed by atoms with E-state index in [-0.39, 0.29) is 12.0 Å². The minimum atomic E-state index is -0.523. The average Bonchev–Trinajstić information content (AvgIpc) is 2.80. The van der Waals surface area contributed by atoms with E-state index in [1.54, 1.807) is 0 Å². The van der Waals surface area contributed by atoms with Crippen LogP contribution in [0.3, 0.4) is 0 Å². The van der Waals surface area contributed by atoms with Gasteiger partial charge in [-0.2, -0.15) is 5.10 Å². The zero-order valence-corrected chi connectivity index (χ0v) is 15.2. The molecule has 0 unspecified atom stereocenters. The molecule has 2 N–H and O–H groups in total. The normalized spacial score (nSPS) is 11.7. The zero-order chi connectivity index (χ0) is 18.4. The molecule has 5 nitrogen and oxygen atoms in total. The molecule has 7 heteroatoms. The summed E-state index contributed by atoms with van der Waals surface area (Å²) in [7, 11) is 1.90. The van der Waals surface area contributed by atoms with E-state index in [2.05, 4.69) is 20.7 Å². The van der Waals surface area contributed by atoms with E-state index < -0.39 is 11.6 Å². The second kappa shape index (κ2) is 8.60. The number of aromatic nitrogens is 2. The standard InChI is InChI=1S/C18H25F2N5/c1-5-21-18(23-11-15-12(2)24-25(4)13(15)3)22-10-9-14-16(19)7-6-8-17(14)20/h6-8H,5,9-11H2,1-4H3,(H2,21,22,23). The Morgan fingerprint density at radius 2 is 1.84 bits per heavy atom. The number of benzene rings is 1. The maximum atomic E-state index is 13.7. The third-order valence-electron chi connectivity index (χ3n) is 4.13. The van der Waals surface area contributed by atoms with Gasteiger partial charge in [0.05, 0.1) is 12.2 Å². The lowest BCUT2D eigenvalue weighted by Crippen LogP contribution is -2.38. The Balaban J connectivity index is 2.00. The van der Waals surface area contributed by atoms with Crippen molar-refractivity contribution < 1.29 is 8.78 Å². The van der Waals surface area contributed by atoms with Crippen LogP contribution in [0.5, 0.6) is 0 Å². The number of aryl methyl sites for hydroxylation is 2. The van der Waals surface area contributed by atoms with Gasteiger partial charge in [-0.3, -0.25) is 4.68 Å². The maximum absolute atomic E-state index is 13.7. The topological polar surface area (TPSA) is 54.2 Å². The van der Waals surface area contributed by atoms with Gasteiger partial charge in [-0.25, -0.2) is 13.8 Å². The predicted octanol–water partition coefficient (Wildman–Crippen LogP) is 2.61. The number of nitrogens with one attached hydrogen (secondary N) is 2. The van der Waals surface area contributed by atoms with Gasteiger partial charge in [0.25, 0.3) is 0 Å². The highest BCUT2D eigenvalue weighted by molar-refractivity contribution is 5.79. The van der Waals surface area contributed by atoms with Crippen LogP contribution in [0.25, 0.3) is 0 Å². The summed E-state index contributed by atoms with van der Waals surface area (Å²) in [5.74, 6) is -0.433. The summed E-state index contributed by atoms with van der Waals surface area (Å²) in [4.78, 5) is 4.55. The maximum Gasteiger partial charge on any atom is 0.191 e. The molecule has 1 heterocycles. The molecular formula is C18H25F2N5. The molecule has 2 aromatic rings. The highest BCUT2D eigenvalue weighted by Crippen LogP contribution is 2.13. The van der Waals surface area contributed by atoms with E-state index in [0.29, 0.717) is 25.6 Å². The average molecular weight is 349 g/mol. The summed E-state index contributed by atoms with van der Waals surface area (Å²) >= 11 is 0. The van der Waals surface area contributed by atoms with Crippen molar-refractivity contribution in [2.24, 2.45) is 12.0 Å². The van der Waals surface area contributed by atoms with Gasteiger partial charge in [0, 0.05) is 37.0 Å². The zero-order valence-electron chi connectivity index (χ0n) is 15.2. The molecule has 0 bridgehead atoms. The van der Waals surface area contributed by atoms with Crippen molar-refractivity contribution in [2.75, 3.05) is 13.1 Å². The third-order valence-corrected chi connectivity index (χ3v) is 4.13. The molecule has 0 radical (unpaired) electrons. The number of guanidine groups is 1. The molecule has 0 saturated heterocycles. The van der Waals surface area contributed by atoms with Crippen molar-refractivity contribution in [3.8, 4) is 0 Å². The molecule has 1 aromatic heterocycles. The first-order valence-electron chi connectivity index (χ1n) is 8.38. The smallest absolute Gasteiger partial charge is 0.191 e. The third kappa shape index (κ3) is 4.78. The van der Waals surface area contributed by atoms with Crippen LogP contribution in [-0.2, 0) is 20.0 Å². The second-order valence-electron chi connectivity index (χ2n) is 5.85. The Morgan fingerprint density at radius 3 is 2.40 bits per heavy atom. The number of aliphatic imine (C=N–C) groups is 1. The van der Waals surface area contributed by atoms with Gasteiger partial charge >= 0.3 is 0 Å². The van der Waals surface area contributed by atoms with E-state index in [4.69, 9.17) is 0 Å². The molecular weight excluding hydrogens is 324 g/mol. The Bertz CT molecular complexity index is 732.